The number of hydrogen-bond acceptors (Lipinski definition) is 8. The van der Waals surface area contributed by atoms with Gasteiger partial charge < -0.3 is 35.0 Å². The summed E-state index contributed by atoms with van der Waals surface area (Å²) in [4.78, 5) is 40.8. The van der Waals surface area contributed by atoms with Crippen LogP contribution in [0.5, 0.6) is 11.5 Å². The van der Waals surface area contributed by atoms with Crippen LogP contribution in [0.4, 0.5) is 4.39 Å². The van der Waals surface area contributed by atoms with Crippen molar-refractivity contribution in [3.63, 3.8) is 0 Å². The molecule has 2 fully saturated rings. The zero-order valence-corrected chi connectivity index (χ0v) is 23.7. The first-order chi connectivity index (χ1) is 20.8. The summed E-state index contributed by atoms with van der Waals surface area (Å²) in [6, 6.07) is 16.7. The molecule has 1 unspecified atom stereocenters. The van der Waals surface area contributed by atoms with Crippen molar-refractivity contribution in [2.45, 2.75) is 31.2 Å². The molecule has 0 bridgehead atoms. The fourth-order valence-corrected chi connectivity index (χ4v) is 4.90. The Balaban J connectivity index is 0.000000188. The molecule has 4 N–H and O–H groups in total. The number of ether oxygens (including phenoxy) is 3. The van der Waals surface area contributed by atoms with E-state index in [4.69, 9.17) is 19.0 Å². The van der Waals surface area contributed by atoms with Gasteiger partial charge in [0.15, 0.2) is 5.79 Å². The third kappa shape index (κ3) is 8.67. The summed E-state index contributed by atoms with van der Waals surface area (Å²) in [7, 11) is 1.93. The first-order valence-electron chi connectivity index (χ1n) is 13.6. The quantitative estimate of drug-likeness (QED) is 0.278. The zero-order chi connectivity index (χ0) is 30.7. The largest absolute Gasteiger partial charge is 0.457 e. The lowest BCUT2D eigenvalue weighted by molar-refractivity contribution is -0.146. The summed E-state index contributed by atoms with van der Waals surface area (Å²) >= 11 is 0. The fourth-order valence-electron chi connectivity index (χ4n) is 4.90. The molecule has 1 atom stereocenters. The van der Waals surface area contributed by atoms with E-state index in [9.17, 15) is 14.0 Å². The molecule has 12 heteroatoms. The van der Waals surface area contributed by atoms with Gasteiger partial charge in [0, 0.05) is 41.8 Å². The van der Waals surface area contributed by atoms with Gasteiger partial charge >= 0.3 is 0 Å². The van der Waals surface area contributed by atoms with Crippen molar-refractivity contribution in [3.8, 4) is 11.5 Å². The van der Waals surface area contributed by atoms with Gasteiger partial charge in [-0.05, 0) is 61.1 Å². The van der Waals surface area contributed by atoms with Crippen molar-refractivity contribution in [2.24, 2.45) is 5.73 Å². The highest BCUT2D eigenvalue weighted by Crippen LogP contribution is 2.33. The molecule has 2 aliphatic rings. The van der Waals surface area contributed by atoms with Crippen LogP contribution in [0, 0.1) is 5.82 Å². The number of benzene rings is 2. The number of aromatic nitrogens is 2. The third-order valence-corrected chi connectivity index (χ3v) is 6.84. The number of pyridine rings is 1. The molecule has 0 saturated carbocycles. The van der Waals surface area contributed by atoms with Crippen LogP contribution in [-0.4, -0.2) is 72.1 Å². The summed E-state index contributed by atoms with van der Waals surface area (Å²) in [5.41, 5.74) is 7.04. The minimum atomic E-state index is -0.594. The summed E-state index contributed by atoms with van der Waals surface area (Å²) < 4.78 is 29.6. The lowest BCUT2D eigenvalue weighted by Gasteiger charge is -2.20. The molecule has 2 aromatic carbocycles. The summed E-state index contributed by atoms with van der Waals surface area (Å²) in [5.74, 6) is 0.307. The predicted octanol–water partition coefficient (Wildman–Crippen LogP) is 3.09. The standard InChI is InChI=1S/C16H20N4O3.C14H11FO2.CH3NO/c1-20-10-16(22-4-5-23-16)7-14(20)15(21)18-9-12-6-11-8-17-3-2-13(11)19-12;15-12-4-6-13(7-5-12)17-14-3-1-2-11(10-14)8-9-16;2-1-3/h2-3,6,8,14,19H,4-5,7,9-10H2,1H3,(H,18,21);1-7,9-10H,8H2;1H,(H2,2,3). The van der Waals surface area contributed by atoms with E-state index in [1.807, 2.05) is 36.2 Å². The van der Waals surface area contributed by atoms with Crippen LogP contribution in [-0.2, 0) is 36.8 Å². The van der Waals surface area contributed by atoms with Crippen LogP contribution in [0.1, 0.15) is 17.7 Å². The first kappa shape index (κ1) is 31.3. The lowest BCUT2D eigenvalue weighted by atomic mass is 10.1. The second kappa shape index (κ2) is 15.0. The zero-order valence-electron chi connectivity index (χ0n) is 23.7. The van der Waals surface area contributed by atoms with Crippen molar-refractivity contribution >= 4 is 29.5 Å². The molecule has 0 aliphatic carbocycles. The van der Waals surface area contributed by atoms with E-state index in [1.165, 1.54) is 12.1 Å². The molecule has 0 radical (unpaired) electrons. The Morgan fingerprint density at radius 1 is 1.16 bits per heavy atom. The summed E-state index contributed by atoms with van der Waals surface area (Å²) in [6.45, 7) is 2.30. The van der Waals surface area contributed by atoms with Crippen molar-refractivity contribution in [3.05, 3.63) is 90.1 Å². The maximum absolute atomic E-state index is 12.7. The van der Waals surface area contributed by atoms with Crippen molar-refractivity contribution < 1.29 is 33.0 Å². The summed E-state index contributed by atoms with van der Waals surface area (Å²) in [6.07, 6.45) is 5.58. The number of likely N-dealkylation sites (N-methyl/N-ethyl adjacent to an activating group) is 1. The van der Waals surface area contributed by atoms with Gasteiger partial charge in [-0.1, -0.05) is 12.1 Å². The van der Waals surface area contributed by atoms with Crippen LogP contribution in [0.15, 0.2) is 73.1 Å². The van der Waals surface area contributed by atoms with E-state index in [1.54, 1.807) is 36.7 Å². The van der Waals surface area contributed by atoms with E-state index in [0.717, 1.165) is 28.4 Å². The topological polar surface area (TPSA) is 149 Å². The molecule has 4 heterocycles. The molecule has 2 saturated heterocycles. The number of aldehydes is 1. The lowest BCUT2D eigenvalue weighted by Crippen LogP contribution is -2.41. The van der Waals surface area contributed by atoms with E-state index in [0.29, 0.717) is 50.6 Å². The Labute approximate surface area is 248 Å². The van der Waals surface area contributed by atoms with E-state index >= 15 is 0 Å². The number of carbonyl (C=O) groups excluding carboxylic acids is 3. The Bertz CT molecular complexity index is 1470. The second-order valence-electron chi connectivity index (χ2n) is 9.93. The van der Waals surface area contributed by atoms with Gasteiger partial charge in [-0.2, -0.15) is 0 Å². The Morgan fingerprint density at radius 3 is 2.60 bits per heavy atom. The minimum Gasteiger partial charge on any atom is -0.457 e. The number of nitrogens with two attached hydrogens (primary N) is 1. The van der Waals surface area contributed by atoms with E-state index < -0.39 is 5.79 Å². The molecule has 6 rings (SSSR count). The van der Waals surface area contributed by atoms with Gasteiger partial charge in [-0.25, -0.2) is 4.39 Å². The number of halogens is 1. The monoisotopic (exact) mass is 591 g/mol. The Kier molecular flexibility index (Phi) is 10.9. The number of likely N-dealkylation sites (tertiary alicyclic amines) is 1. The molecule has 2 aromatic heterocycles. The maximum atomic E-state index is 12.7. The number of aromatic amines is 1. The number of nitrogens with zero attached hydrogens (tertiary/aromatic N) is 2. The van der Waals surface area contributed by atoms with E-state index in [2.05, 4.69) is 21.0 Å². The molecule has 11 nitrogen and oxygen atoms in total. The maximum Gasteiger partial charge on any atom is 0.237 e. The van der Waals surface area contributed by atoms with Gasteiger partial charge in [0.25, 0.3) is 0 Å². The predicted molar refractivity (Wildman–Crippen MR) is 157 cm³/mol. The molecule has 2 amide bonds. The molecule has 2 aliphatic heterocycles. The van der Waals surface area contributed by atoms with Crippen molar-refractivity contribution in [1.29, 1.82) is 0 Å². The molecule has 4 aromatic rings. The highest BCUT2D eigenvalue weighted by molar-refractivity contribution is 5.83. The smallest absolute Gasteiger partial charge is 0.237 e. The normalized spacial score (nSPS) is 16.9. The Hall–Kier alpha value is -4.65. The van der Waals surface area contributed by atoms with Crippen LogP contribution >= 0.6 is 0 Å². The van der Waals surface area contributed by atoms with Crippen molar-refractivity contribution in [1.82, 2.24) is 20.2 Å². The minimum absolute atomic E-state index is 0.000237. The molecule has 43 heavy (non-hydrogen) atoms. The highest BCUT2D eigenvalue weighted by Gasteiger charge is 2.49. The van der Waals surface area contributed by atoms with Gasteiger partial charge in [0.2, 0.25) is 12.3 Å². The number of H-pyrrole nitrogens is 1. The average molecular weight is 592 g/mol. The Morgan fingerprint density at radius 2 is 1.91 bits per heavy atom. The van der Waals surface area contributed by atoms with Crippen LogP contribution in [0.2, 0.25) is 0 Å². The number of primary amides is 1. The fraction of sp³-hybridized carbons (Fsp3) is 0.290. The number of amides is 2. The number of nitrogens with one attached hydrogen (secondary N) is 2. The SMILES string of the molecule is CN1CC2(CC1C(=O)NCc1cc3cnccc3[nH]1)OCCO2.NC=O.O=CCc1cccc(Oc2ccc(F)cc2)c1. The van der Waals surface area contributed by atoms with Crippen LogP contribution < -0.4 is 15.8 Å². The number of hydrogen-bond donors (Lipinski definition) is 3. The molecular weight excluding hydrogens is 557 g/mol. The van der Waals surface area contributed by atoms with Gasteiger partial charge in [-0.15, -0.1) is 0 Å². The number of rotatable bonds is 7. The number of fused-ring (bicyclic) bond motifs is 1. The van der Waals surface area contributed by atoms with Gasteiger partial charge in [-0.3, -0.25) is 19.5 Å². The summed E-state index contributed by atoms with van der Waals surface area (Å²) in [5, 5.41) is 4.04. The van der Waals surface area contributed by atoms with E-state index in [-0.39, 0.29) is 24.2 Å². The first-order valence-corrected chi connectivity index (χ1v) is 13.6. The third-order valence-electron chi connectivity index (χ3n) is 6.84. The molecular formula is C31H34FN5O6. The average Bonchev–Trinajstić information content (AvgIpc) is 3.72. The van der Waals surface area contributed by atoms with Crippen LogP contribution in [0.25, 0.3) is 10.9 Å². The second-order valence-corrected chi connectivity index (χ2v) is 9.93. The van der Waals surface area contributed by atoms with Crippen LogP contribution in [0.3, 0.4) is 0 Å². The molecule has 226 valence electrons. The molecule has 1 spiro atoms. The van der Waals surface area contributed by atoms with Gasteiger partial charge in [0.05, 0.1) is 32.3 Å². The van der Waals surface area contributed by atoms with Gasteiger partial charge in [0.1, 0.15) is 23.6 Å². The number of carbonyl (C=O) groups is 3. The highest BCUT2D eigenvalue weighted by atomic mass is 19.1. The van der Waals surface area contributed by atoms with Crippen molar-refractivity contribution in [2.75, 3.05) is 26.8 Å².